The molecule has 0 saturated heterocycles. The first-order valence-corrected chi connectivity index (χ1v) is 3.32. The Morgan fingerprint density at radius 1 is 1.67 bits per heavy atom. The van der Waals surface area contributed by atoms with Crippen LogP contribution in [0.4, 0.5) is 0 Å². The van der Waals surface area contributed by atoms with Gasteiger partial charge in [0.05, 0.1) is 0 Å². The predicted octanol–water partition coefficient (Wildman–Crippen LogP) is 1.89. The molecule has 0 amide bonds. The second kappa shape index (κ2) is 2.34. The lowest BCUT2D eigenvalue weighted by molar-refractivity contribution is -0.114. The van der Waals surface area contributed by atoms with Crippen molar-refractivity contribution in [3.8, 4) is 0 Å². The van der Waals surface area contributed by atoms with Crippen LogP contribution in [0, 0.1) is 6.42 Å². The highest BCUT2D eigenvalue weighted by Crippen LogP contribution is 2.22. The molecule has 0 heterocycles. The standard InChI is InChI=1S/C8H11O/c1-3-7-6(2)4-5-8(7)9/h4H,3,5H2,1-2H3. The molecular weight excluding hydrogens is 112 g/mol. The summed E-state index contributed by atoms with van der Waals surface area (Å²) in [7, 11) is 0. The molecule has 0 aromatic rings. The van der Waals surface area contributed by atoms with Crippen molar-refractivity contribution in [2.24, 2.45) is 0 Å². The summed E-state index contributed by atoms with van der Waals surface area (Å²) >= 11 is 0. The maximum Gasteiger partial charge on any atom is 0.159 e. The van der Waals surface area contributed by atoms with Gasteiger partial charge < -0.3 is 0 Å². The van der Waals surface area contributed by atoms with Gasteiger partial charge in [-0.2, -0.15) is 0 Å². The van der Waals surface area contributed by atoms with Gasteiger partial charge in [-0.25, -0.2) is 0 Å². The van der Waals surface area contributed by atoms with Crippen molar-refractivity contribution in [2.75, 3.05) is 0 Å². The van der Waals surface area contributed by atoms with Gasteiger partial charge in [-0.05, 0) is 25.3 Å². The van der Waals surface area contributed by atoms with E-state index in [0.717, 1.165) is 12.0 Å². The molecule has 9 heavy (non-hydrogen) atoms. The summed E-state index contributed by atoms with van der Waals surface area (Å²) in [6.45, 7) is 4.03. The van der Waals surface area contributed by atoms with E-state index < -0.39 is 0 Å². The SMILES string of the molecule is CCC1=C(C)[CH]CC1=O. The van der Waals surface area contributed by atoms with E-state index in [0.29, 0.717) is 12.2 Å². The Hall–Kier alpha value is -0.590. The zero-order valence-electron chi connectivity index (χ0n) is 5.90. The summed E-state index contributed by atoms with van der Waals surface area (Å²) in [5.74, 6) is 0.315. The average molecular weight is 123 g/mol. The molecule has 1 rings (SSSR count). The molecule has 1 aliphatic rings. The highest BCUT2D eigenvalue weighted by atomic mass is 16.1. The van der Waals surface area contributed by atoms with Gasteiger partial charge in [-0.1, -0.05) is 12.5 Å². The molecule has 0 aliphatic heterocycles. The smallest absolute Gasteiger partial charge is 0.159 e. The summed E-state index contributed by atoms with van der Waals surface area (Å²) in [5, 5.41) is 0. The normalized spacial score (nSPS) is 19.6. The van der Waals surface area contributed by atoms with Crippen LogP contribution in [-0.2, 0) is 4.79 Å². The minimum atomic E-state index is 0.315. The summed E-state index contributed by atoms with van der Waals surface area (Å²) in [4.78, 5) is 10.9. The third kappa shape index (κ3) is 1.04. The molecule has 0 fully saturated rings. The van der Waals surface area contributed by atoms with Gasteiger partial charge in [0, 0.05) is 6.42 Å². The maximum absolute atomic E-state index is 10.9. The van der Waals surface area contributed by atoms with Crippen molar-refractivity contribution in [1.29, 1.82) is 0 Å². The van der Waals surface area contributed by atoms with E-state index in [9.17, 15) is 4.79 Å². The molecule has 0 saturated carbocycles. The summed E-state index contributed by atoms with van der Waals surface area (Å²) in [6.07, 6.45) is 3.53. The average Bonchev–Trinajstić information content (AvgIpc) is 2.12. The number of carbonyl (C=O) groups is 1. The van der Waals surface area contributed by atoms with Crippen molar-refractivity contribution in [1.82, 2.24) is 0 Å². The topological polar surface area (TPSA) is 17.1 Å². The fourth-order valence-electron chi connectivity index (χ4n) is 1.19. The lowest BCUT2D eigenvalue weighted by Crippen LogP contribution is -1.93. The molecule has 0 unspecified atom stereocenters. The number of Topliss-reactive ketones (excluding diaryl/α,β-unsaturated/α-hetero) is 1. The Balaban J connectivity index is 2.82. The molecule has 0 atom stereocenters. The van der Waals surface area contributed by atoms with Crippen LogP contribution in [0.2, 0.25) is 0 Å². The van der Waals surface area contributed by atoms with Crippen LogP contribution in [0.25, 0.3) is 0 Å². The van der Waals surface area contributed by atoms with E-state index in [4.69, 9.17) is 0 Å². The van der Waals surface area contributed by atoms with E-state index in [1.54, 1.807) is 0 Å². The zero-order chi connectivity index (χ0) is 6.85. The Morgan fingerprint density at radius 3 is 2.56 bits per heavy atom. The Bertz CT molecular complexity index is 165. The minimum absolute atomic E-state index is 0.315. The summed E-state index contributed by atoms with van der Waals surface area (Å²) < 4.78 is 0. The number of rotatable bonds is 1. The van der Waals surface area contributed by atoms with E-state index in [2.05, 4.69) is 0 Å². The molecule has 1 nitrogen and oxygen atoms in total. The van der Waals surface area contributed by atoms with Crippen molar-refractivity contribution >= 4 is 5.78 Å². The van der Waals surface area contributed by atoms with Gasteiger partial charge in [-0.15, -0.1) is 0 Å². The Morgan fingerprint density at radius 2 is 2.33 bits per heavy atom. The molecule has 1 aliphatic carbocycles. The van der Waals surface area contributed by atoms with Gasteiger partial charge in [0.2, 0.25) is 0 Å². The molecule has 1 radical (unpaired) electrons. The van der Waals surface area contributed by atoms with Crippen molar-refractivity contribution < 1.29 is 4.79 Å². The molecule has 49 valence electrons. The van der Waals surface area contributed by atoms with Gasteiger partial charge in [0.15, 0.2) is 5.78 Å². The van der Waals surface area contributed by atoms with E-state index in [1.807, 2.05) is 20.3 Å². The molecule has 0 N–H and O–H groups in total. The van der Waals surface area contributed by atoms with Gasteiger partial charge >= 0.3 is 0 Å². The van der Waals surface area contributed by atoms with Crippen molar-refractivity contribution in [3.63, 3.8) is 0 Å². The largest absolute Gasteiger partial charge is 0.295 e. The minimum Gasteiger partial charge on any atom is -0.295 e. The van der Waals surface area contributed by atoms with Crippen LogP contribution in [0.5, 0.6) is 0 Å². The molecule has 0 bridgehead atoms. The third-order valence-corrected chi connectivity index (χ3v) is 1.76. The molecule has 0 aromatic carbocycles. The summed E-state index contributed by atoms with van der Waals surface area (Å²) in [5.41, 5.74) is 2.21. The molecule has 0 aromatic heterocycles. The van der Waals surface area contributed by atoms with E-state index in [1.165, 1.54) is 5.57 Å². The Kier molecular flexibility index (Phi) is 1.70. The van der Waals surface area contributed by atoms with Crippen LogP contribution in [-0.4, -0.2) is 5.78 Å². The number of hydrogen-bond donors (Lipinski definition) is 0. The van der Waals surface area contributed by atoms with Crippen LogP contribution < -0.4 is 0 Å². The van der Waals surface area contributed by atoms with Crippen LogP contribution in [0.1, 0.15) is 26.7 Å². The maximum atomic E-state index is 10.9. The monoisotopic (exact) mass is 123 g/mol. The van der Waals surface area contributed by atoms with Gasteiger partial charge in [-0.3, -0.25) is 4.79 Å². The van der Waals surface area contributed by atoms with Crippen LogP contribution in [0.15, 0.2) is 11.1 Å². The van der Waals surface area contributed by atoms with E-state index >= 15 is 0 Å². The molecule has 0 spiro atoms. The number of hydrogen-bond acceptors (Lipinski definition) is 1. The van der Waals surface area contributed by atoms with Gasteiger partial charge in [0.25, 0.3) is 0 Å². The first-order chi connectivity index (χ1) is 4.25. The first-order valence-electron chi connectivity index (χ1n) is 3.32. The van der Waals surface area contributed by atoms with Crippen molar-refractivity contribution in [3.05, 3.63) is 17.6 Å². The number of ketones is 1. The number of carbonyl (C=O) groups excluding carboxylic acids is 1. The van der Waals surface area contributed by atoms with Crippen LogP contribution in [0.3, 0.4) is 0 Å². The zero-order valence-corrected chi connectivity index (χ0v) is 5.90. The molecule has 1 heteroatoms. The second-order valence-corrected chi connectivity index (χ2v) is 2.35. The predicted molar refractivity (Wildman–Crippen MR) is 36.9 cm³/mol. The van der Waals surface area contributed by atoms with Gasteiger partial charge in [0.1, 0.15) is 0 Å². The van der Waals surface area contributed by atoms with E-state index in [-0.39, 0.29) is 0 Å². The third-order valence-electron chi connectivity index (χ3n) is 1.76. The Labute approximate surface area is 55.8 Å². The first kappa shape index (κ1) is 6.53. The quantitative estimate of drug-likeness (QED) is 0.520. The highest BCUT2D eigenvalue weighted by molar-refractivity contribution is 6.00. The summed E-state index contributed by atoms with van der Waals surface area (Å²) in [6, 6.07) is 0. The fourth-order valence-corrected chi connectivity index (χ4v) is 1.19. The van der Waals surface area contributed by atoms with Crippen LogP contribution >= 0.6 is 0 Å². The second-order valence-electron chi connectivity index (χ2n) is 2.35. The molecular formula is C8H11O. The lowest BCUT2D eigenvalue weighted by Gasteiger charge is -1.93. The van der Waals surface area contributed by atoms with Crippen molar-refractivity contribution in [2.45, 2.75) is 26.7 Å². The fraction of sp³-hybridized carbons (Fsp3) is 0.500. The number of allylic oxidation sites excluding steroid dienone is 2. The highest BCUT2D eigenvalue weighted by Gasteiger charge is 2.17. The lowest BCUT2D eigenvalue weighted by atomic mass is 10.1.